The predicted molar refractivity (Wildman–Crippen MR) is 169 cm³/mol. The van der Waals surface area contributed by atoms with Crippen molar-refractivity contribution in [2.24, 2.45) is 5.92 Å². The van der Waals surface area contributed by atoms with Crippen LogP contribution in [-0.2, 0) is 4.79 Å². The van der Waals surface area contributed by atoms with Crippen molar-refractivity contribution >= 4 is 23.4 Å². The van der Waals surface area contributed by atoms with E-state index in [0.29, 0.717) is 43.3 Å². The average Bonchev–Trinajstić information content (AvgIpc) is 3.61. The molecule has 6 rings (SSSR count). The van der Waals surface area contributed by atoms with Gasteiger partial charge >= 0.3 is 0 Å². The fourth-order valence-corrected chi connectivity index (χ4v) is 7.48. The molecule has 4 aliphatic rings. The first-order valence-electron chi connectivity index (χ1n) is 17.0. The third-order valence-corrected chi connectivity index (χ3v) is 10.2. The molecule has 3 saturated heterocycles. The second kappa shape index (κ2) is 14.3. The van der Waals surface area contributed by atoms with E-state index in [1.54, 1.807) is 22.9 Å². The summed E-state index contributed by atoms with van der Waals surface area (Å²) in [5.74, 6) is 0.341. The number of piperidine rings is 1. The lowest BCUT2D eigenvalue weighted by molar-refractivity contribution is -0.663. The molecule has 242 valence electrons. The third kappa shape index (κ3) is 7.33. The van der Waals surface area contributed by atoms with E-state index in [1.807, 2.05) is 12.1 Å². The van der Waals surface area contributed by atoms with Gasteiger partial charge in [-0.1, -0.05) is 19.3 Å². The lowest BCUT2D eigenvalue weighted by Crippen LogP contribution is -2.86. The Labute approximate surface area is 265 Å². The first-order valence-corrected chi connectivity index (χ1v) is 17.0. The molecule has 1 atom stereocenters. The Morgan fingerprint density at radius 1 is 0.800 bits per heavy atom. The van der Waals surface area contributed by atoms with Gasteiger partial charge in [0.15, 0.2) is 6.10 Å². The molecule has 0 unspecified atom stereocenters. The van der Waals surface area contributed by atoms with Gasteiger partial charge in [-0.15, -0.1) is 0 Å². The Balaban J connectivity index is 1.10. The number of carbonyl (C=O) groups excluding carboxylic acids is 3. The van der Waals surface area contributed by atoms with E-state index in [-0.39, 0.29) is 35.3 Å². The van der Waals surface area contributed by atoms with Crippen LogP contribution in [0.4, 0.5) is 10.1 Å². The molecular formula is C35H48FN5O4+2. The summed E-state index contributed by atoms with van der Waals surface area (Å²) in [5.41, 5.74) is 2.43. The van der Waals surface area contributed by atoms with E-state index < -0.39 is 5.82 Å². The van der Waals surface area contributed by atoms with Gasteiger partial charge in [0.2, 0.25) is 5.91 Å². The highest BCUT2D eigenvalue weighted by atomic mass is 19.1. The van der Waals surface area contributed by atoms with Gasteiger partial charge in [-0.3, -0.25) is 14.4 Å². The zero-order valence-electron chi connectivity index (χ0n) is 26.5. The Morgan fingerprint density at radius 2 is 1.47 bits per heavy atom. The minimum absolute atomic E-state index is 0.0339. The number of halogens is 1. The number of rotatable bonds is 7. The zero-order valence-corrected chi connectivity index (χ0v) is 26.5. The number of carbonyl (C=O) groups is 3. The highest BCUT2D eigenvalue weighted by Crippen LogP contribution is 2.39. The number of benzene rings is 2. The quantitative estimate of drug-likeness (QED) is 0.495. The van der Waals surface area contributed by atoms with Crippen LogP contribution in [0.2, 0.25) is 0 Å². The van der Waals surface area contributed by atoms with E-state index in [2.05, 4.69) is 16.7 Å². The summed E-state index contributed by atoms with van der Waals surface area (Å²) in [6.07, 6.45) is 8.76. The fourth-order valence-electron chi connectivity index (χ4n) is 7.48. The minimum atomic E-state index is -0.548. The second-order valence-corrected chi connectivity index (χ2v) is 13.2. The van der Waals surface area contributed by atoms with Crippen molar-refractivity contribution in [3.8, 4) is 5.75 Å². The van der Waals surface area contributed by atoms with E-state index in [4.69, 9.17) is 4.74 Å². The topological polar surface area (TPSA) is 103 Å². The minimum Gasteiger partial charge on any atom is -0.484 e. The third-order valence-electron chi connectivity index (χ3n) is 10.2. The van der Waals surface area contributed by atoms with E-state index >= 15 is 0 Å². The van der Waals surface area contributed by atoms with Crippen LogP contribution >= 0.6 is 0 Å². The standard InChI is InChI=1S/C35H46FN5O4/c1-39(33(42)25-9-12-37-13-10-25)29-20-27(19-28(36)22-29)35(44)41-17-15-40(16-18-41)34(43)26-7-8-32(45-30-11-14-38-23-30)31(21-26)24-5-3-2-4-6-24/h7-8,19-22,24-25,30,37-38H,2-6,9-18,23H2,1H3/p+2/t30-/m0/s1. The molecule has 10 heteroatoms. The van der Waals surface area contributed by atoms with Crippen LogP contribution < -0.4 is 20.3 Å². The molecule has 0 aromatic heterocycles. The number of nitrogens with two attached hydrogens (primary N) is 2. The number of piperazine rings is 1. The molecule has 3 amide bonds. The van der Waals surface area contributed by atoms with Crippen molar-refractivity contribution in [1.82, 2.24) is 9.80 Å². The maximum Gasteiger partial charge on any atom is 0.254 e. The van der Waals surface area contributed by atoms with Gasteiger partial charge in [-0.05, 0) is 60.7 Å². The van der Waals surface area contributed by atoms with Crippen molar-refractivity contribution in [3.63, 3.8) is 0 Å². The highest BCUT2D eigenvalue weighted by Gasteiger charge is 2.30. The normalized spacial score (nSPS) is 21.5. The fraction of sp³-hybridized carbons (Fsp3) is 0.571. The first-order chi connectivity index (χ1) is 21.9. The smallest absolute Gasteiger partial charge is 0.254 e. The summed E-state index contributed by atoms with van der Waals surface area (Å²) >= 11 is 0. The Hall–Kier alpha value is -3.50. The lowest BCUT2D eigenvalue weighted by atomic mass is 9.83. The Morgan fingerprint density at radius 3 is 2.13 bits per heavy atom. The van der Waals surface area contributed by atoms with Gasteiger partial charge in [0.25, 0.3) is 11.8 Å². The monoisotopic (exact) mass is 621 g/mol. The summed E-state index contributed by atoms with van der Waals surface area (Å²) in [6.45, 7) is 5.40. The Bertz CT molecular complexity index is 1380. The van der Waals surface area contributed by atoms with E-state index in [9.17, 15) is 18.8 Å². The molecule has 4 fully saturated rings. The number of hydrogen-bond donors (Lipinski definition) is 2. The zero-order chi connectivity index (χ0) is 31.3. The molecule has 2 aromatic rings. The van der Waals surface area contributed by atoms with Gasteiger partial charge in [0, 0.05) is 75.2 Å². The molecule has 1 aliphatic carbocycles. The molecule has 9 nitrogen and oxygen atoms in total. The van der Waals surface area contributed by atoms with Crippen LogP contribution in [0.5, 0.6) is 5.75 Å². The van der Waals surface area contributed by atoms with Gasteiger partial charge < -0.3 is 30.1 Å². The summed E-state index contributed by atoms with van der Waals surface area (Å²) in [4.78, 5) is 45.2. The molecule has 4 N–H and O–H groups in total. The van der Waals surface area contributed by atoms with Crippen LogP contribution in [0, 0.1) is 11.7 Å². The number of anilines is 1. The van der Waals surface area contributed by atoms with Crippen LogP contribution in [0.1, 0.15) is 83.6 Å². The first kappa shape index (κ1) is 31.5. The molecule has 3 aliphatic heterocycles. The van der Waals surface area contributed by atoms with Gasteiger partial charge in [0.05, 0.1) is 19.6 Å². The molecule has 1 saturated carbocycles. The van der Waals surface area contributed by atoms with Gasteiger partial charge in [-0.25, -0.2) is 4.39 Å². The van der Waals surface area contributed by atoms with Crippen LogP contribution in [0.15, 0.2) is 36.4 Å². The molecule has 2 aromatic carbocycles. The van der Waals surface area contributed by atoms with Gasteiger partial charge in [0.1, 0.15) is 18.1 Å². The average molecular weight is 622 g/mol. The number of ether oxygens (including phenoxy) is 1. The van der Waals surface area contributed by atoms with E-state index in [0.717, 1.165) is 69.6 Å². The molecule has 0 spiro atoms. The molecule has 0 bridgehead atoms. The number of quaternary nitrogens is 2. The lowest BCUT2D eigenvalue weighted by Gasteiger charge is -2.35. The van der Waals surface area contributed by atoms with Crippen molar-refractivity contribution in [2.75, 3.05) is 64.3 Å². The summed E-state index contributed by atoms with van der Waals surface area (Å²) in [7, 11) is 1.65. The highest BCUT2D eigenvalue weighted by molar-refractivity contribution is 5.99. The molecule has 0 radical (unpaired) electrons. The molecular weight excluding hydrogens is 573 g/mol. The molecule has 3 heterocycles. The van der Waals surface area contributed by atoms with Crippen molar-refractivity contribution in [2.45, 2.75) is 63.4 Å². The maximum absolute atomic E-state index is 14.7. The second-order valence-electron chi connectivity index (χ2n) is 13.2. The van der Waals surface area contributed by atoms with E-state index in [1.165, 1.54) is 36.3 Å². The van der Waals surface area contributed by atoms with Crippen molar-refractivity contribution in [1.29, 1.82) is 0 Å². The number of amides is 3. The number of nitrogens with zero attached hydrogens (tertiary/aromatic N) is 3. The summed E-state index contributed by atoms with van der Waals surface area (Å²) < 4.78 is 21.2. The predicted octanol–water partition coefficient (Wildman–Crippen LogP) is 2.12. The Kier molecular flexibility index (Phi) is 10.00. The van der Waals surface area contributed by atoms with Crippen LogP contribution in [0.3, 0.4) is 0 Å². The summed E-state index contributed by atoms with van der Waals surface area (Å²) in [5, 5.41) is 4.49. The maximum atomic E-state index is 14.7. The van der Waals surface area contributed by atoms with Crippen molar-refractivity contribution < 1.29 is 34.1 Å². The SMILES string of the molecule is CN(C(=O)C1CC[NH2+]CC1)c1cc(F)cc(C(=O)N2CCN(C(=O)c3ccc(O[C@H]4CC[NH2+]C4)c(C4CCCCC4)c3)CC2)c1. The molecule has 45 heavy (non-hydrogen) atoms. The summed E-state index contributed by atoms with van der Waals surface area (Å²) in [6, 6.07) is 10.1. The largest absolute Gasteiger partial charge is 0.484 e. The number of hydrogen-bond acceptors (Lipinski definition) is 4. The van der Waals surface area contributed by atoms with Gasteiger partial charge in [-0.2, -0.15) is 0 Å². The van der Waals surface area contributed by atoms with Crippen LogP contribution in [0.25, 0.3) is 0 Å². The van der Waals surface area contributed by atoms with Crippen molar-refractivity contribution in [3.05, 3.63) is 58.9 Å². The van der Waals surface area contributed by atoms with Crippen LogP contribution in [-0.4, -0.2) is 93.0 Å².